The summed E-state index contributed by atoms with van der Waals surface area (Å²) >= 11 is 5.85. The summed E-state index contributed by atoms with van der Waals surface area (Å²) < 4.78 is 0. The van der Waals surface area contributed by atoms with Crippen LogP contribution in [-0.4, -0.2) is 19.0 Å². The highest BCUT2D eigenvalue weighted by atomic mass is 35.5. The van der Waals surface area contributed by atoms with E-state index >= 15 is 0 Å². The van der Waals surface area contributed by atoms with Crippen molar-refractivity contribution in [1.82, 2.24) is 5.32 Å². The quantitative estimate of drug-likeness (QED) is 0.830. The van der Waals surface area contributed by atoms with Gasteiger partial charge in [0.25, 0.3) is 0 Å². The van der Waals surface area contributed by atoms with Crippen molar-refractivity contribution in [1.29, 1.82) is 0 Å². The number of piperidine rings is 1. The van der Waals surface area contributed by atoms with Gasteiger partial charge in [0.05, 0.1) is 5.92 Å². The number of hydrogen-bond donors (Lipinski definition) is 2. The Morgan fingerprint density at radius 1 is 1.50 bits per heavy atom. The summed E-state index contributed by atoms with van der Waals surface area (Å²) in [4.78, 5) is 11.9. The summed E-state index contributed by atoms with van der Waals surface area (Å²) in [6.07, 6.45) is 2.02. The molecule has 3 nitrogen and oxygen atoms in total. The van der Waals surface area contributed by atoms with Gasteiger partial charge in [-0.25, -0.2) is 0 Å². The first-order valence-electron chi connectivity index (χ1n) is 5.53. The summed E-state index contributed by atoms with van der Waals surface area (Å²) in [5.74, 6) is 0.155. The molecule has 1 aromatic carbocycles. The molecule has 0 unspecified atom stereocenters. The molecule has 1 aliphatic heterocycles. The first-order chi connectivity index (χ1) is 7.75. The van der Waals surface area contributed by atoms with Crippen LogP contribution < -0.4 is 10.6 Å². The molecule has 2 N–H and O–H groups in total. The lowest BCUT2D eigenvalue weighted by Crippen LogP contribution is -2.37. The van der Waals surface area contributed by atoms with Gasteiger partial charge in [0.2, 0.25) is 5.91 Å². The molecule has 1 aliphatic rings. The van der Waals surface area contributed by atoms with Crippen molar-refractivity contribution in [2.75, 3.05) is 18.4 Å². The second-order valence-corrected chi connectivity index (χ2v) is 4.48. The zero-order valence-corrected chi connectivity index (χ0v) is 9.76. The second kappa shape index (κ2) is 5.32. The molecule has 0 spiro atoms. The number of benzene rings is 1. The van der Waals surface area contributed by atoms with Gasteiger partial charge in [0, 0.05) is 17.3 Å². The van der Waals surface area contributed by atoms with Gasteiger partial charge >= 0.3 is 0 Å². The summed E-state index contributed by atoms with van der Waals surface area (Å²) in [5, 5.41) is 6.75. The SMILES string of the molecule is O=C(Nc1cccc(Cl)c1)[C@H]1CCCNC1. The molecule has 0 aromatic heterocycles. The Kier molecular flexibility index (Phi) is 3.80. The van der Waals surface area contributed by atoms with E-state index in [0.29, 0.717) is 5.02 Å². The number of amides is 1. The van der Waals surface area contributed by atoms with Crippen LogP contribution in [0.5, 0.6) is 0 Å². The molecule has 4 heteroatoms. The molecule has 1 amide bonds. The number of rotatable bonds is 2. The Balaban J connectivity index is 1.96. The van der Waals surface area contributed by atoms with Gasteiger partial charge in [-0.3, -0.25) is 4.79 Å². The maximum absolute atomic E-state index is 11.9. The monoisotopic (exact) mass is 238 g/mol. The van der Waals surface area contributed by atoms with Crippen LogP contribution in [0.2, 0.25) is 5.02 Å². The van der Waals surface area contributed by atoms with Gasteiger partial charge in [-0.1, -0.05) is 17.7 Å². The van der Waals surface area contributed by atoms with Crippen LogP contribution >= 0.6 is 11.6 Å². The minimum Gasteiger partial charge on any atom is -0.326 e. The van der Waals surface area contributed by atoms with Crippen molar-refractivity contribution < 1.29 is 4.79 Å². The molecule has 0 radical (unpaired) electrons. The molecule has 0 aliphatic carbocycles. The molecule has 1 saturated heterocycles. The third-order valence-corrected chi connectivity index (χ3v) is 2.99. The number of carbonyl (C=O) groups excluding carboxylic acids is 1. The number of carbonyl (C=O) groups is 1. The molecule has 0 bridgehead atoms. The molecule has 0 saturated carbocycles. The maximum Gasteiger partial charge on any atom is 0.228 e. The van der Waals surface area contributed by atoms with Crippen molar-refractivity contribution in [3.8, 4) is 0 Å². The van der Waals surface area contributed by atoms with E-state index in [2.05, 4.69) is 10.6 Å². The number of hydrogen-bond acceptors (Lipinski definition) is 2. The van der Waals surface area contributed by atoms with Gasteiger partial charge in [0.1, 0.15) is 0 Å². The smallest absolute Gasteiger partial charge is 0.228 e. The molecule has 86 valence electrons. The first-order valence-corrected chi connectivity index (χ1v) is 5.90. The van der Waals surface area contributed by atoms with E-state index in [4.69, 9.17) is 11.6 Å². The molecule has 1 fully saturated rings. The topological polar surface area (TPSA) is 41.1 Å². The molecule has 1 aromatic rings. The Morgan fingerprint density at radius 2 is 2.38 bits per heavy atom. The Labute approximate surface area is 100 Å². The van der Waals surface area contributed by atoms with E-state index in [1.54, 1.807) is 12.1 Å². The predicted molar refractivity (Wildman–Crippen MR) is 65.7 cm³/mol. The third kappa shape index (κ3) is 2.97. The Bertz CT molecular complexity index is 375. The van der Waals surface area contributed by atoms with E-state index in [1.165, 1.54) is 0 Å². The van der Waals surface area contributed by atoms with Crippen molar-refractivity contribution in [2.45, 2.75) is 12.8 Å². The van der Waals surface area contributed by atoms with Crippen LogP contribution in [0.3, 0.4) is 0 Å². The minimum absolute atomic E-state index is 0.0766. The van der Waals surface area contributed by atoms with Crippen LogP contribution in [0.1, 0.15) is 12.8 Å². The fourth-order valence-electron chi connectivity index (χ4n) is 1.89. The van der Waals surface area contributed by atoms with Crippen LogP contribution in [0.15, 0.2) is 24.3 Å². The maximum atomic E-state index is 11.9. The van der Waals surface area contributed by atoms with Gasteiger partial charge in [-0.05, 0) is 37.6 Å². The molecule has 1 heterocycles. The fourth-order valence-corrected chi connectivity index (χ4v) is 2.08. The first kappa shape index (κ1) is 11.4. The largest absolute Gasteiger partial charge is 0.326 e. The van der Waals surface area contributed by atoms with Crippen LogP contribution in [0, 0.1) is 5.92 Å². The van der Waals surface area contributed by atoms with Crippen molar-refractivity contribution >= 4 is 23.2 Å². The third-order valence-electron chi connectivity index (χ3n) is 2.76. The fraction of sp³-hybridized carbons (Fsp3) is 0.417. The van der Waals surface area contributed by atoms with Gasteiger partial charge in [0.15, 0.2) is 0 Å². The number of nitrogens with one attached hydrogen (secondary N) is 2. The highest BCUT2D eigenvalue weighted by Crippen LogP contribution is 2.17. The van der Waals surface area contributed by atoms with Gasteiger partial charge in [-0.2, -0.15) is 0 Å². The molecule has 1 atom stereocenters. The summed E-state index contributed by atoms with van der Waals surface area (Å²) in [5.41, 5.74) is 0.767. The summed E-state index contributed by atoms with van der Waals surface area (Å²) in [6.45, 7) is 1.79. The predicted octanol–water partition coefficient (Wildman–Crippen LogP) is 2.28. The van der Waals surface area contributed by atoms with E-state index in [0.717, 1.165) is 31.6 Å². The zero-order valence-electron chi connectivity index (χ0n) is 9.00. The lowest BCUT2D eigenvalue weighted by Gasteiger charge is -2.21. The van der Waals surface area contributed by atoms with Crippen LogP contribution in [0.4, 0.5) is 5.69 Å². The minimum atomic E-state index is 0.0766. The molecular weight excluding hydrogens is 224 g/mol. The second-order valence-electron chi connectivity index (χ2n) is 4.04. The van der Waals surface area contributed by atoms with Crippen molar-refractivity contribution in [3.63, 3.8) is 0 Å². The van der Waals surface area contributed by atoms with E-state index < -0.39 is 0 Å². The normalized spacial score (nSPS) is 20.4. The van der Waals surface area contributed by atoms with Crippen molar-refractivity contribution in [3.05, 3.63) is 29.3 Å². The lowest BCUT2D eigenvalue weighted by atomic mass is 9.99. The van der Waals surface area contributed by atoms with Gasteiger partial charge < -0.3 is 10.6 Å². The Hall–Kier alpha value is -1.06. The summed E-state index contributed by atoms with van der Waals surface area (Å²) in [7, 11) is 0. The summed E-state index contributed by atoms with van der Waals surface area (Å²) in [6, 6.07) is 7.23. The van der Waals surface area contributed by atoms with E-state index in [9.17, 15) is 4.79 Å². The van der Waals surface area contributed by atoms with Crippen LogP contribution in [-0.2, 0) is 4.79 Å². The highest BCUT2D eigenvalue weighted by Gasteiger charge is 2.20. The van der Waals surface area contributed by atoms with E-state index in [-0.39, 0.29) is 11.8 Å². The molecule has 2 rings (SSSR count). The lowest BCUT2D eigenvalue weighted by molar-refractivity contribution is -0.120. The van der Waals surface area contributed by atoms with Crippen molar-refractivity contribution in [2.24, 2.45) is 5.92 Å². The molecule has 16 heavy (non-hydrogen) atoms. The average Bonchev–Trinajstić information content (AvgIpc) is 2.30. The Morgan fingerprint density at radius 3 is 3.06 bits per heavy atom. The standard InChI is InChI=1S/C12H15ClN2O/c13-10-4-1-5-11(7-10)15-12(16)9-3-2-6-14-8-9/h1,4-5,7,9,14H,2-3,6,8H2,(H,15,16)/t9-/m0/s1. The average molecular weight is 239 g/mol. The number of halogens is 1. The van der Waals surface area contributed by atoms with Gasteiger partial charge in [-0.15, -0.1) is 0 Å². The molecular formula is C12H15ClN2O. The highest BCUT2D eigenvalue weighted by molar-refractivity contribution is 6.30. The van der Waals surface area contributed by atoms with Crippen LogP contribution in [0.25, 0.3) is 0 Å². The number of anilines is 1. The van der Waals surface area contributed by atoms with E-state index in [1.807, 2.05) is 12.1 Å². The zero-order chi connectivity index (χ0) is 11.4.